The van der Waals surface area contributed by atoms with Gasteiger partial charge in [0.1, 0.15) is 5.15 Å². The van der Waals surface area contributed by atoms with Gasteiger partial charge in [0.15, 0.2) is 0 Å². The molecule has 2 aliphatic rings. The first kappa shape index (κ1) is 14.3. The van der Waals surface area contributed by atoms with Crippen molar-refractivity contribution in [2.24, 2.45) is 5.73 Å². The molecule has 0 aromatic carbocycles. The van der Waals surface area contributed by atoms with Crippen LogP contribution in [0, 0.1) is 0 Å². The Hall–Kier alpha value is -0.615. The van der Waals surface area contributed by atoms with Crippen LogP contribution in [0.15, 0.2) is 12.1 Å². The molecule has 0 amide bonds. The van der Waals surface area contributed by atoms with Gasteiger partial charge in [-0.15, -0.1) is 0 Å². The molecular formula is C14H20BClN2O2. The molecule has 0 spiro atoms. The Labute approximate surface area is 125 Å². The number of rotatable bonds is 2. The van der Waals surface area contributed by atoms with E-state index in [2.05, 4.69) is 4.98 Å². The second-order valence-corrected chi connectivity index (χ2v) is 7.20. The van der Waals surface area contributed by atoms with Gasteiger partial charge in [0.2, 0.25) is 0 Å². The summed E-state index contributed by atoms with van der Waals surface area (Å²) in [5.74, 6) is 0. The molecule has 1 aromatic rings. The fourth-order valence-corrected chi connectivity index (χ4v) is 2.52. The average Bonchev–Trinajstić information content (AvgIpc) is 3.02. The molecular weight excluding hydrogens is 274 g/mol. The van der Waals surface area contributed by atoms with Crippen LogP contribution in [0.1, 0.15) is 46.2 Å². The molecule has 108 valence electrons. The van der Waals surface area contributed by atoms with Gasteiger partial charge >= 0.3 is 7.12 Å². The van der Waals surface area contributed by atoms with Crippen molar-refractivity contribution in [3.8, 4) is 0 Å². The van der Waals surface area contributed by atoms with E-state index in [9.17, 15) is 0 Å². The summed E-state index contributed by atoms with van der Waals surface area (Å²) >= 11 is 6.02. The molecule has 1 saturated heterocycles. The number of hydrogen-bond acceptors (Lipinski definition) is 4. The van der Waals surface area contributed by atoms with E-state index in [0.717, 1.165) is 24.0 Å². The van der Waals surface area contributed by atoms with Gasteiger partial charge in [-0.1, -0.05) is 17.7 Å². The van der Waals surface area contributed by atoms with Crippen LogP contribution in [0.3, 0.4) is 0 Å². The fraction of sp³-hybridized carbons (Fsp3) is 0.643. The number of nitrogens with zero attached hydrogens (tertiary/aromatic N) is 1. The lowest BCUT2D eigenvalue weighted by molar-refractivity contribution is 0.00578. The smallest absolute Gasteiger partial charge is 0.399 e. The zero-order chi connectivity index (χ0) is 14.8. The van der Waals surface area contributed by atoms with Gasteiger partial charge in [0.25, 0.3) is 0 Å². The van der Waals surface area contributed by atoms with Crippen molar-refractivity contribution in [3.63, 3.8) is 0 Å². The first-order chi connectivity index (χ1) is 9.15. The molecule has 20 heavy (non-hydrogen) atoms. The second kappa shape index (κ2) is 4.20. The van der Waals surface area contributed by atoms with Gasteiger partial charge in [0.05, 0.1) is 22.4 Å². The van der Waals surface area contributed by atoms with Crippen molar-refractivity contribution >= 4 is 24.2 Å². The van der Waals surface area contributed by atoms with E-state index in [0.29, 0.717) is 5.15 Å². The number of pyridine rings is 1. The molecule has 0 unspecified atom stereocenters. The van der Waals surface area contributed by atoms with Gasteiger partial charge in [0, 0.05) is 5.46 Å². The maximum absolute atomic E-state index is 6.31. The summed E-state index contributed by atoms with van der Waals surface area (Å²) in [7, 11) is -0.444. The second-order valence-electron chi connectivity index (χ2n) is 6.82. The molecule has 6 heteroatoms. The van der Waals surface area contributed by atoms with Crippen molar-refractivity contribution in [3.05, 3.63) is 23.0 Å². The number of hydrogen-bond donors (Lipinski definition) is 1. The Bertz CT molecular complexity index is 542. The van der Waals surface area contributed by atoms with Crippen LogP contribution in [-0.4, -0.2) is 23.3 Å². The summed E-state index contributed by atoms with van der Waals surface area (Å²) < 4.78 is 12.2. The van der Waals surface area contributed by atoms with Crippen LogP contribution in [0.25, 0.3) is 0 Å². The highest BCUT2D eigenvalue weighted by molar-refractivity contribution is 6.62. The van der Waals surface area contributed by atoms with Crippen molar-refractivity contribution in [1.82, 2.24) is 4.98 Å². The van der Waals surface area contributed by atoms with Gasteiger partial charge < -0.3 is 15.0 Å². The third kappa shape index (κ3) is 2.17. The van der Waals surface area contributed by atoms with Crippen molar-refractivity contribution in [1.29, 1.82) is 0 Å². The molecule has 1 aliphatic carbocycles. The maximum Gasteiger partial charge on any atom is 0.496 e. The highest BCUT2D eigenvalue weighted by atomic mass is 35.5. The molecule has 0 bridgehead atoms. The molecule has 0 atom stereocenters. The zero-order valence-electron chi connectivity index (χ0n) is 12.4. The predicted molar refractivity (Wildman–Crippen MR) is 80.1 cm³/mol. The Kier molecular flexibility index (Phi) is 3.01. The van der Waals surface area contributed by atoms with Crippen LogP contribution in [0.2, 0.25) is 5.15 Å². The minimum absolute atomic E-state index is 0.371. The quantitative estimate of drug-likeness (QED) is 0.669. The molecule has 3 rings (SSSR count). The van der Waals surface area contributed by atoms with E-state index in [1.54, 1.807) is 6.07 Å². The van der Waals surface area contributed by atoms with Crippen LogP contribution in [0.5, 0.6) is 0 Å². The topological polar surface area (TPSA) is 57.4 Å². The third-order valence-corrected chi connectivity index (χ3v) is 4.87. The fourth-order valence-electron chi connectivity index (χ4n) is 2.38. The van der Waals surface area contributed by atoms with E-state index >= 15 is 0 Å². The van der Waals surface area contributed by atoms with Crippen molar-refractivity contribution in [2.45, 2.75) is 57.3 Å². The lowest BCUT2D eigenvalue weighted by Crippen LogP contribution is -2.41. The molecule has 2 heterocycles. The molecule has 1 saturated carbocycles. The Morgan fingerprint density at radius 2 is 1.70 bits per heavy atom. The lowest BCUT2D eigenvalue weighted by atomic mass is 9.76. The molecule has 1 aliphatic heterocycles. The van der Waals surface area contributed by atoms with Gasteiger partial charge in [-0.05, 0) is 46.6 Å². The highest BCUT2D eigenvalue weighted by Crippen LogP contribution is 2.43. The average molecular weight is 295 g/mol. The lowest BCUT2D eigenvalue weighted by Gasteiger charge is -2.32. The first-order valence-corrected chi connectivity index (χ1v) is 7.34. The number of nitrogens with two attached hydrogens (primary N) is 1. The van der Waals surface area contributed by atoms with Gasteiger partial charge in [-0.3, -0.25) is 0 Å². The molecule has 2 fully saturated rings. The summed E-state index contributed by atoms with van der Waals surface area (Å²) in [6.45, 7) is 8.13. The van der Waals surface area contributed by atoms with E-state index in [1.807, 2.05) is 33.8 Å². The SMILES string of the molecule is CC1(C)OB(c2ccc(Cl)nc2C2(N)CC2)OC1(C)C. The molecule has 0 radical (unpaired) electrons. The third-order valence-electron chi connectivity index (χ3n) is 4.66. The van der Waals surface area contributed by atoms with Crippen molar-refractivity contribution in [2.75, 3.05) is 0 Å². The van der Waals surface area contributed by atoms with E-state index in [4.69, 9.17) is 26.6 Å². The highest BCUT2D eigenvalue weighted by Gasteiger charge is 2.54. The summed E-state index contributed by atoms with van der Waals surface area (Å²) in [6.07, 6.45) is 1.85. The summed E-state index contributed by atoms with van der Waals surface area (Å²) in [5.41, 5.74) is 6.89. The Morgan fingerprint density at radius 1 is 1.15 bits per heavy atom. The Morgan fingerprint density at radius 3 is 2.20 bits per heavy atom. The van der Waals surface area contributed by atoms with Crippen molar-refractivity contribution < 1.29 is 9.31 Å². The summed E-state index contributed by atoms with van der Waals surface area (Å²) in [6, 6.07) is 3.68. The van der Waals surface area contributed by atoms with E-state index < -0.39 is 7.12 Å². The van der Waals surface area contributed by atoms with E-state index in [-0.39, 0.29) is 16.7 Å². The monoisotopic (exact) mass is 294 g/mol. The van der Waals surface area contributed by atoms with Crippen LogP contribution in [0.4, 0.5) is 0 Å². The largest absolute Gasteiger partial charge is 0.496 e. The normalized spacial score (nSPS) is 25.8. The standard InChI is InChI=1S/C14H20BClN2O2/c1-12(2)13(3,4)20-15(19-12)9-5-6-10(16)18-11(9)14(17)7-8-14/h5-6H,7-8,17H2,1-4H3. The molecule has 1 aromatic heterocycles. The van der Waals surface area contributed by atoms with E-state index in [1.165, 1.54) is 0 Å². The van der Waals surface area contributed by atoms with Crippen LogP contribution in [-0.2, 0) is 14.8 Å². The van der Waals surface area contributed by atoms with Crippen LogP contribution >= 0.6 is 11.6 Å². The summed E-state index contributed by atoms with van der Waals surface area (Å²) in [5, 5.41) is 0.456. The Balaban J connectivity index is 2.00. The van der Waals surface area contributed by atoms with Crippen LogP contribution < -0.4 is 11.2 Å². The maximum atomic E-state index is 6.31. The minimum Gasteiger partial charge on any atom is -0.399 e. The predicted octanol–water partition coefficient (Wildman–Crippen LogP) is 1.98. The number of aromatic nitrogens is 1. The molecule has 4 nitrogen and oxygen atoms in total. The van der Waals surface area contributed by atoms with Gasteiger partial charge in [-0.2, -0.15) is 0 Å². The number of halogens is 1. The summed E-state index contributed by atoms with van der Waals surface area (Å²) in [4.78, 5) is 4.43. The van der Waals surface area contributed by atoms with Gasteiger partial charge in [-0.25, -0.2) is 4.98 Å². The first-order valence-electron chi connectivity index (χ1n) is 6.96. The molecule has 2 N–H and O–H groups in total. The zero-order valence-corrected chi connectivity index (χ0v) is 13.1. The minimum atomic E-state index is -0.444.